The van der Waals surface area contributed by atoms with Crippen LogP contribution in [0.5, 0.6) is 0 Å². The van der Waals surface area contributed by atoms with Gasteiger partial charge in [0.2, 0.25) is 0 Å². The Labute approximate surface area is 176 Å². The highest BCUT2D eigenvalue weighted by Gasteiger charge is 2.79. The third kappa shape index (κ3) is 4.20. The van der Waals surface area contributed by atoms with Gasteiger partial charge in [-0.25, -0.2) is 13.6 Å². The van der Waals surface area contributed by atoms with Crippen molar-refractivity contribution in [1.82, 2.24) is 5.32 Å². The number of alkyl carbamates (subject to hydrolysis) is 1. The van der Waals surface area contributed by atoms with Crippen molar-refractivity contribution in [2.75, 3.05) is 7.11 Å². The molecule has 0 aliphatic rings. The summed E-state index contributed by atoms with van der Waals surface area (Å²) >= 11 is 0. The van der Waals surface area contributed by atoms with Crippen molar-refractivity contribution in [3.63, 3.8) is 0 Å². The second-order valence-corrected chi connectivity index (χ2v) is 9.35. The maximum absolute atomic E-state index is 15.1. The van der Waals surface area contributed by atoms with E-state index >= 15 is 8.78 Å². The summed E-state index contributed by atoms with van der Waals surface area (Å²) in [6.45, 7) is 0. The Kier molecular flexibility index (Phi) is 7.28. The van der Waals surface area contributed by atoms with E-state index in [1.807, 2.05) is 0 Å². The summed E-state index contributed by atoms with van der Waals surface area (Å²) in [6.07, 6.45) is -7.01. The van der Waals surface area contributed by atoms with Gasteiger partial charge in [0, 0.05) is 10.6 Å². The molecule has 0 fully saturated rings. The monoisotopic (exact) mass is 489 g/mol. The van der Waals surface area contributed by atoms with Crippen molar-refractivity contribution in [1.29, 1.82) is 0 Å². The molecule has 0 saturated heterocycles. The molecule has 1 N–H and O–H groups in total. The number of nitrogens with one attached hydrogen (secondary N) is 1. The zero-order chi connectivity index (χ0) is 24.4. The Hall–Kier alpha value is -2.62. The Balaban J connectivity index is 2.87. The van der Waals surface area contributed by atoms with Crippen LogP contribution in [0.4, 0.5) is 39.9 Å². The molecule has 2 rings (SSSR count). The van der Waals surface area contributed by atoms with Crippen molar-refractivity contribution < 1.29 is 49.2 Å². The first-order chi connectivity index (χ1) is 14.7. The Morgan fingerprint density at radius 2 is 1.25 bits per heavy atom. The largest absolute Gasteiger partial charge is 0.453 e. The van der Waals surface area contributed by atoms with Crippen LogP contribution < -0.4 is 15.9 Å². The molecule has 176 valence electrons. The zero-order valence-corrected chi connectivity index (χ0v) is 17.0. The number of hydrogen-bond acceptors (Lipinski definition) is 3. The van der Waals surface area contributed by atoms with Crippen LogP contribution in [0.1, 0.15) is 0 Å². The van der Waals surface area contributed by atoms with Gasteiger partial charge in [-0.1, -0.05) is 60.7 Å². The van der Waals surface area contributed by atoms with E-state index in [1.165, 1.54) is 41.7 Å². The minimum Gasteiger partial charge on any atom is -0.453 e. The molecule has 0 aliphatic heterocycles. The molecule has 0 spiro atoms. The first kappa shape index (κ1) is 25.6. The third-order valence-electron chi connectivity index (χ3n) is 4.54. The first-order valence-corrected chi connectivity index (χ1v) is 10.5. The summed E-state index contributed by atoms with van der Waals surface area (Å²) in [7, 11) is -4.49. The van der Waals surface area contributed by atoms with Crippen molar-refractivity contribution in [3.05, 3.63) is 60.7 Å². The predicted octanol–water partition coefficient (Wildman–Crippen LogP) is 4.85. The zero-order valence-electron chi connectivity index (χ0n) is 16.1. The molecule has 13 heteroatoms. The lowest BCUT2D eigenvalue weighted by Gasteiger charge is -2.40. The molecular formula is C19H16F8NO3P. The molecule has 1 amide bonds. The van der Waals surface area contributed by atoms with E-state index in [1.54, 1.807) is 0 Å². The summed E-state index contributed by atoms with van der Waals surface area (Å²) in [5.41, 5.74) is 0. The molecule has 1 unspecified atom stereocenters. The maximum atomic E-state index is 15.1. The number of hydrogen-bond donors (Lipinski definition) is 1. The molecule has 0 saturated carbocycles. The smallest absolute Gasteiger partial charge is 0.407 e. The summed E-state index contributed by atoms with van der Waals surface area (Å²) in [5, 5.41) is 0.180. The van der Waals surface area contributed by atoms with Crippen LogP contribution in [0.25, 0.3) is 0 Å². The number of alkyl halides is 8. The van der Waals surface area contributed by atoms with E-state index in [2.05, 4.69) is 4.74 Å². The summed E-state index contributed by atoms with van der Waals surface area (Å²) in [5.74, 6) is -23.0. The standard InChI is InChI=1S/C19H16F8NO3P/c1-31-16(29)28-15(18(24,25)19(26,27)17(22,23)14(20)21)32(30,12-8-4-2-5-9-12)13-10-6-3-7-11-13/h2-11,14-15H,1H3,(H,28,29). The van der Waals surface area contributed by atoms with Crippen molar-refractivity contribution in [2.45, 2.75) is 30.0 Å². The minimum absolute atomic E-state index is 0.525. The van der Waals surface area contributed by atoms with Crippen molar-refractivity contribution in [2.24, 2.45) is 0 Å². The lowest BCUT2D eigenvalue weighted by molar-refractivity contribution is -0.339. The second-order valence-electron chi connectivity index (χ2n) is 6.49. The Morgan fingerprint density at radius 1 is 0.844 bits per heavy atom. The maximum Gasteiger partial charge on any atom is 0.407 e. The molecular weight excluding hydrogens is 473 g/mol. The SMILES string of the molecule is COC(=O)NC(C(F)(F)C(F)(F)C(F)(F)C(F)F)P(=O)(c1ccccc1)c1ccccc1. The van der Waals surface area contributed by atoms with E-state index in [0.29, 0.717) is 7.11 Å². The van der Waals surface area contributed by atoms with Crippen LogP contribution >= 0.6 is 7.14 Å². The predicted molar refractivity (Wildman–Crippen MR) is 99.9 cm³/mol. The fraction of sp³-hybridized carbons (Fsp3) is 0.316. The van der Waals surface area contributed by atoms with E-state index in [4.69, 9.17) is 0 Å². The normalized spacial score (nSPS) is 14.2. The van der Waals surface area contributed by atoms with E-state index in [0.717, 1.165) is 24.3 Å². The van der Waals surface area contributed by atoms with Crippen LogP contribution in [0.15, 0.2) is 60.7 Å². The number of methoxy groups -OCH3 is 1. The number of ether oxygens (including phenoxy) is 1. The first-order valence-electron chi connectivity index (χ1n) is 8.71. The van der Waals surface area contributed by atoms with Crippen molar-refractivity contribution in [3.8, 4) is 0 Å². The van der Waals surface area contributed by atoms with E-state index < -0.39 is 53.8 Å². The van der Waals surface area contributed by atoms with Crippen molar-refractivity contribution >= 4 is 23.8 Å². The third-order valence-corrected chi connectivity index (χ3v) is 7.85. The summed E-state index contributed by atoms with van der Waals surface area (Å²) in [4.78, 5) is 11.7. The summed E-state index contributed by atoms with van der Waals surface area (Å²) in [6, 6.07) is 11.5. The number of carbonyl (C=O) groups excluding carboxylic acids is 1. The van der Waals surface area contributed by atoms with Gasteiger partial charge < -0.3 is 14.6 Å². The highest BCUT2D eigenvalue weighted by Crippen LogP contribution is 2.59. The number of halogens is 8. The average molecular weight is 489 g/mol. The molecule has 0 aliphatic carbocycles. The molecule has 0 aromatic heterocycles. The topological polar surface area (TPSA) is 55.4 Å². The van der Waals surface area contributed by atoms with Crippen LogP contribution in [0.3, 0.4) is 0 Å². The lowest BCUT2D eigenvalue weighted by atomic mass is 10.0. The van der Waals surface area contributed by atoms with Crippen LogP contribution in [0.2, 0.25) is 0 Å². The highest BCUT2D eigenvalue weighted by atomic mass is 31.2. The van der Waals surface area contributed by atoms with Gasteiger partial charge in [-0.05, 0) is 0 Å². The number of amides is 1. The molecule has 2 aromatic carbocycles. The minimum atomic E-state index is -6.72. The molecule has 0 heterocycles. The molecule has 0 radical (unpaired) electrons. The van der Waals surface area contributed by atoms with Crippen LogP contribution in [0, 0.1) is 0 Å². The lowest BCUT2D eigenvalue weighted by Crippen LogP contribution is -2.66. The Bertz CT molecular complexity index is 930. The average Bonchev–Trinajstić information content (AvgIpc) is 2.77. The van der Waals surface area contributed by atoms with Gasteiger partial charge in [-0.3, -0.25) is 0 Å². The molecule has 2 aromatic rings. The Morgan fingerprint density at radius 3 is 1.59 bits per heavy atom. The van der Waals surface area contributed by atoms with E-state index in [-0.39, 0.29) is 0 Å². The van der Waals surface area contributed by atoms with Gasteiger partial charge in [0.15, 0.2) is 12.9 Å². The van der Waals surface area contributed by atoms with E-state index in [9.17, 15) is 35.7 Å². The van der Waals surface area contributed by atoms with Crippen LogP contribution in [-0.4, -0.2) is 43.2 Å². The molecule has 1 atom stereocenters. The highest BCUT2D eigenvalue weighted by molar-refractivity contribution is 7.79. The molecule has 4 nitrogen and oxygen atoms in total. The molecule has 32 heavy (non-hydrogen) atoms. The second kappa shape index (κ2) is 9.09. The number of carbonyl (C=O) groups is 1. The fourth-order valence-electron chi connectivity index (χ4n) is 2.86. The summed E-state index contributed by atoms with van der Waals surface area (Å²) < 4.78 is 129. The fourth-order valence-corrected chi connectivity index (χ4v) is 5.89. The number of rotatable bonds is 8. The van der Waals surface area contributed by atoms with Gasteiger partial charge in [0.05, 0.1) is 7.11 Å². The van der Waals surface area contributed by atoms with Gasteiger partial charge >= 0.3 is 30.3 Å². The van der Waals surface area contributed by atoms with Gasteiger partial charge in [0.1, 0.15) is 0 Å². The van der Waals surface area contributed by atoms with Crippen LogP contribution in [-0.2, 0) is 9.30 Å². The van der Waals surface area contributed by atoms with Gasteiger partial charge in [-0.15, -0.1) is 0 Å². The van der Waals surface area contributed by atoms with Gasteiger partial charge in [0.25, 0.3) is 0 Å². The molecule has 0 bridgehead atoms. The number of benzene rings is 2. The quantitative estimate of drug-likeness (QED) is 0.426. The van der Waals surface area contributed by atoms with Gasteiger partial charge in [-0.2, -0.15) is 26.3 Å².